The van der Waals surface area contributed by atoms with E-state index in [9.17, 15) is 4.79 Å². The summed E-state index contributed by atoms with van der Waals surface area (Å²) in [6.07, 6.45) is 9.19. The summed E-state index contributed by atoms with van der Waals surface area (Å²) in [5.74, 6) is 1.78. The van der Waals surface area contributed by atoms with E-state index >= 15 is 0 Å². The maximum Gasteiger partial charge on any atom is 0.226 e. The summed E-state index contributed by atoms with van der Waals surface area (Å²) in [7, 11) is 1.59. The van der Waals surface area contributed by atoms with Gasteiger partial charge in [0.05, 0.1) is 24.7 Å². The predicted molar refractivity (Wildman–Crippen MR) is 132 cm³/mol. The van der Waals surface area contributed by atoms with Crippen molar-refractivity contribution in [3.63, 3.8) is 0 Å². The van der Waals surface area contributed by atoms with Crippen LogP contribution >= 0.6 is 11.3 Å². The van der Waals surface area contributed by atoms with Gasteiger partial charge in [-0.25, -0.2) is 9.97 Å². The van der Waals surface area contributed by atoms with E-state index in [-0.39, 0.29) is 5.92 Å². The minimum Gasteiger partial charge on any atom is -0.494 e. The van der Waals surface area contributed by atoms with Gasteiger partial charge in [-0.15, -0.1) is 11.3 Å². The van der Waals surface area contributed by atoms with Crippen molar-refractivity contribution in [2.45, 2.75) is 45.1 Å². The van der Waals surface area contributed by atoms with Crippen molar-refractivity contribution >= 4 is 50.9 Å². The Morgan fingerprint density at radius 2 is 2.12 bits per heavy atom. The maximum absolute atomic E-state index is 13.1. The van der Waals surface area contributed by atoms with Crippen molar-refractivity contribution in [3.05, 3.63) is 34.5 Å². The van der Waals surface area contributed by atoms with Crippen LogP contribution in [-0.2, 0) is 17.8 Å². The first-order chi connectivity index (χ1) is 16.1. The third-order valence-electron chi connectivity index (χ3n) is 6.72. The van der Waals surface area contributed by atoms with E-state index in [1.807, 2.05) is 4.90 Å². The second-order valence-electron chi connectivity index (χ2n) is 8.70. The van der Waals surface area contributed by atoms with E-state index in [0.717, 1.165) is 48.9 Å². The fourth-order valence-electron chi connectivity index (χ4n) is 4.95. The largest absolute Gasteiger partial charge is 0.494 e. The van der Waals surface area contributed by atoms with Gasteiger partial charge in [0.1, 0.15) is 22.7 Å². The van der Waals surface area contributed by atoms with Crippen molar-refractivity contribution in [3.8, 4) is 5.75 Å². The van der Waals surface area contributed by atoms with Gasteiger partial charge in [0.2, 0.25) is 5.91 Å². The molecule has 0 saturated heterocycles. The molecular formula is C24H28N6O2S. The molecule has 2 aromatic heterocycles. The molecule has 4 N–H and O–H groups in total. The number of ether oxygens (including phenoxy) is 1. The highest BCUT2D eigenvalue weighted by molar-refractivity contribution is 7.19. The number of nitrogen functional groups attached to an aromatic ring is 1. The van der Waals surface area contributed by atoms with Crippen LogP contribution in [0.2, 0.25) is 0 Å². The number of thiophene rings is 1. The molecule has 3 aromatic rings. The molecule has 33 heavy (non-hydrogen) atoms. The fraction of sp³-hybridized carbons (Fsp3) is 0.417. The number of carbonyl (C=O) groups is 1. The van der Waals surface area contributed by atoms with E-state index in [4.69, 9.17) is 15.9 Å². The molecule has 0 radical (unpaired) electrons. The highest BCUT2D eigenvalue weighted by atomic mass is 32.1. The van der Waals surface area contributed by atoms with Gasteiger partial charge in [-0.3, -0.25) is 4.79 Å². The van der Waals surface area contributed by atoms with Crippen LogP contribution in [0.25, 0.3) is 10.2 Å². The Balaban J connectivity index is 1.46. The van der Waals surface area contributed by atoms with E-state index in [0.29, 0.717) is 41.0 Å². The third kappa shape index (κ3) is 4.01. The average Bonchev–Trinajstić information content (AvgIpc) is 3.23. The molecule has 1 fully saturated rings. The molecule has 9 heteroatoms. The number of anilines is 3. The molecule has 0 unspecified atom stereocenters. The summed E-state index contributed by atoms with van der Waals surface area (Å²) in [6.45, 7) is 1.37. The quantitative estimate of drug-likeness (QED) is 0.378. The first-order valence-electron chi connectivity index (χ1n) is 11.4. The Labute approximate surface area is 196 Å². The summed E-state index contributed by atoms with van der Waals surface area (Å²) in [4.78, 5) is 26.3. The van der Waals surface area contributed by atoms with Crippen LogP contribution in [0.1, 0.15) is 48.1 Å². The lowest BCUT2D eigenvalue weighted by Gasteiger charge is -2.32. The number of fused-ring (bicyclic) bond motifs is 3. The molecular weight excluding hydrogens is 436 g/mol. The molecule has 0 spiro atoms. The van der Waals surface area contributed by atoms with Crippen LogP contribution in [0.4, 0.5) is 17.2 Å². The second-order valence-corrected chi connectivity index (χ2v) is 9.79. The number of rotatable bonds is 5. The minimum atomic E-state index is 0.188. The number of aromatic nitrogens is 2. The van der Waals surface area contributed by atoms with Gasteiger partial charge in [0.15, 0.2) is 0 Å². The number of hydrogen-bond acceptors (Lipinski definition) is 8. The number of hydrogen-bond donors (Lipinski definition) is 3. The Morgan fingerprint density at radius 3 is 2.88 bits per heavy atom. The van der Waals surface area contributed by atoms with Crippen LogP contribution < -0.4 is 15.8 Å². The summed E-state index contributed by atoms with van der Waals surface area (Å²) in [6, 6.07) is 3.50. The molecule has 2 aliphatic rings. The van der Waals surface area contributed by atoms with E-state index in [2.05, 4.69) is 15.3 Å². The molecule has 1 amide bonds. The van der Waals surface area contributed by atoms with Gasteiger partial charge in [0, 0.05) is 40.9 Å². The zero-order valence-electron chi connectivity index (χ0n) is 18.7. The van der Waals surface area contributed by atoms with E-state index in [1.54, 1.807) is 36.9 Å². The van der Waals surface area contributed by atoms with Crippen molar-refractivity contribution in [1.29, 1.82) is 5.41 Å². The van der Waals surface area contributed by atoms with Gasteiger partial charge < -0.3 is 26.1 Å². The first kappa shape index (κ1) is 21.6. The highest BCUT2D eigenvalue weighted by Crippen LogP contribution is 2.40. The van der Waals surface area contributed by atoms with Crippen molar-refractivity contribution in [2.75, 3.05) is 24.7 Å². The van der Waals surface area contributed by atoms with Crippen molar-refractivity contribution < 1.29 is 9.53 Å². The molecule has 1 saturated carbocycles. The molecule has 3 heterocycles. The standard InChI is InChI=1S/C24H28N6O2S/c1-32-19-10-17(26)15(11-25)9-18(19)29-22-21-16-7-8-30(24(31)14-5-3-2-4-6-14)12-20(16)33-23(21)28-13-27-22/h9-11,13-14,25H,2-8,12,26H2,1H3,(H,27,28,29). The summed E-state index contributed by atoms with van der Waals surface area (Å²) in [5.41, 5.74) is 9.00. The first-order valence-corrected chi connectivity index (χ1v) is 12.2. The van der Waals surface area contributed by atoms with E-state index < -0.39 is 0 Å². The predicted octanol–water partition coefficient (Wildman–Crippen LogP) is 4.49. The van der Waals surface area contributed by atoms with Gasteiger partial charge in [-0.2, -0.15) is 0 Å². The van der Waals surface area contributed by atoms with E-state index in [1.165, 1.54) is 23.1 Å². The van der Waals surface area contributed by atoms with Crippen molar-refractivity contribution in [2.24, 2.45) is 5.92 Å². The number of benzene rings is 1. The van der Waals surface area contributed by atoms with Gasteiger partial charge in [-0.1, -0.05) is 19.3 Å². The number of amides is 1. The monoisotopic (exact) mass is 464 g/mol. The Morgan fingerprint density at radius 1 is 1.30 bits per heavy atom. The lowest BCUT2D eigenvalue weighted by Crippen LogP contribution is -2.39. The number of carbonyl (C=O) groups excluding carboxylic acids is 1. The average molecular weight is 465 g/mol. The summed E-state index contributed by atoms with van der Waals surface area (Å²) >= 11 is 1.64. The Kier molecular flexibility index (Phi) is 5.88. The molecule has 0 bridgehead atoms. The van der Waals surface area contributed by atoms with Crippen LogP contribution in [0.5, 0.6) is 5.75 Å². The van der Waals surface area contributed by atoms with Crippen LogP contribution in [0.15, 0.2) is 18.5 Å². The van der Waals surface area contributed by atoms with Crippen LogP contribution in [0.3, 0.4) is 0 Å². The molecule has 5 rings (SSSR count). The maximum atomic E-state index is 13.1. The molecule has 8 nitrogen and oxygen atoms in total. The Bertz CT molecular complexity index is 1220. The van der Waals surface area contributed by atoms with Crippen LogP contribution in [0, 0.1) is 11.3 Å². The molecule has 1 aromatic carbocycles. The number of nitrogens with two attached hydrogens (primary N) is 1. The van der Waals surface area contributed by atoms with Gasteiger partial charge in [0.25, 0.3) is 0 Å². The summed E-state index contributed by atoms with van der Waals surface area (Å²) in [5, 5.41) is 12.0. The normalized spacial score (nSPS) is 16.5. The smallest absolute Gasteiger partial charge is 0.226 e. The van der Waals surface area contributed by atoms with Crippen molar-refractivity contribution in [1.82, 2.24) is 14.9 Å². The Hall–Kier alpha value is -3.20. The minimum absolute atomic E-state index is 0.188. The zero-order chi connectivity index (χ0) is 22.9. The zero-order valence-corrected chi connectivity index (χ0v) is 19.5. The SMILES string of the molecule is COc1cc(N)c(C=N)cc1Nc1ncnc2sc3c(c12)CCN(C(=O)C1CCCCC1)C3. The lowest BCUT2D eigenvalue weighted by atomic mass is 9.88. The summed E-state index contributed by atoms with van der Waals surface area (Å²) < 4.78 is 5.50. The van der Waals surface area contributed by atoms with Gasteiger partial charge in [-0.05, 0) is 30.9 Å². The second kappa shape index (κ2) is 8.97. The molecule has 1 aliphatic carbocycles. The number of nitrogens with zero attached hydrogens (tertiary/aromatic N) is 3. The van der Waals surface area contributed by atoms with Gasteiger partial charge >= 0.3 is 0 Å². The molecule has 172 valence electrons. The topological polar surface area (TPSA) is 117 Å². The fourth-order valence-corrected chi connectivity index (χ4v) is 6.15. The van der Waals surface area contributed by atoms with Crippen LogP contribution in [-0.4, -0.2) is 40.6 Å². The number of nitrogens with one attached hydrogen (secondary N) is 2. The lowest BCUT2D eigenvalue weighted by molar-refractivity contribution is -0.137. The number of methoxy groups -OCH3 is 1. The third-order valence-corrected chi connectivity index (χ3v) is 7.84. The molecule has 1 aliphatic heterocycles. The highest BCUT2D eigenvalue weighted by Gasteiger charge is 2.31. The molecule has 0 atom stereocenters.